The van der Waals surface area contributed by atoms with Gasteiger partial charge in [-0.3, -0.25) is 4.98 Å². The summed E-state index contributed by atoms with van der Waals surface area (Å²) in [5.74, 6) is 0. The molecule has 0 aliphatic rings. The lowest BCUT2D eigenvalue weighted by Gasteiger charge is -2.17. The molecule has 2 aromatic heterocycles. The largest absolute Gasteiger partial charge is 0.387 e. The van der Waals surface area contributed by atoms with E-state index in [2.05, 4.69) is 20.3 Å². The lowest BCUT2D eigenvalue weighted by atomic mass is 10.1. The van der Waals surface area contributed by atoms with Gasteiger partial charge in [-0.25, -0.2) is 4.79 Å². The first kappa shape index (κ1) is 14.5. The molecule has 1 aromatic carbocycles. The van der Waals surface area contributed by atoms with Crippen molar-refractivity contribution in [1.82, 2.24) is 20.3 Å². The molecule has 0 saturated heterocycles. The molecule has 4 N–H and O–H groups in total. The number of imidazole rings is 1. The number of nitrogens with zero attached hydrogens (tertiary/aromatic N) is 1. The summed E-state index contributed by atoms with van der Waals surface area (Å²) in [6, 6.07) is 9.42. The molecular weight excluding hydrogens is 280 g/mol. The minimum atomic E-state index is -0.582. The monoisotopic (exact) mass is 298 g/mol. The fourth-order valence-corrected chi connectivity index (χ4v) is 2.43. The zero-order chi connectivity index (χ0) is 15.5. The highest BCUT2D eigenvalue weighted by Crippen LogP contribution is 2.18. The maximum absolute atomic E-state index is 11.3. The maximum atomic E-state index is 11.3. The highest BCUT2D eigenvalue weighted by atomic mass is 16.3. The second-order valence-electron chi connectivity index (χ2n) is 5.31. The zero-order valence-corrected chi connectivity index (χ0v) is 12.2. The number of fused-ring (bicyclic) bond motifs is 1. The third-order valence-electron chi connectivity index (χ3n) is 3.75. The Morgan fingerprint density at radius 3 is 2.64 bits per heavy atom. The van der Waals surface area contributed by atoms with E-state index in [4.69, 9.17) is 0 Å². The van der Waals surface area contributed by atoms with Gasteiger partial charge in [0.1, 0.15) is 0 Å². The van der Waals surface area contributed by atoms with Crippen molar-refractivity contribution in [3.63, 3.8) is 0 Å². The molecule has 6 heteroatoms. The van der Waals surface area contributed by atoms with E-state index in [1.807, 2.05) is 25.1 Å². The van der Waals surface area contributed by atoms with Crippen LogP contribution < -0.4 is 11.0 Å². The van der Waals surface area contributed by atoms with Crippen molar-refractivity contribution in [1.29, 1.82) is 0 Å². The molecule has 0 spiro atoms. The second-order valence-corrected chi connectivity index (χ2v) is 5.31. The van der Waals surface area contributed by atoms with Crippen molar-refractivity contribution in [2.75, 3.05) is 6.54 Å². The van der Waals surface area contributed by atoms with Crippen LogP contribution in [0.25, 0.3) is 11.0 Å². The van der Waals surface area contributed by atoms with Crippen LogP contribution in [-0.2, 0) is 0 Å². The Bertz CT molecular complexity index is 810. The van der Waals surface area contributed by atoms with Gasteiger partial charge in [-0.1, -0.05) is 6.07 Å². The standard InChI is InChI=1S/C16H18N4O2/c1-10(18-9-15(21)11-4-6-17-7-5-11)12-2-3-13-14(8-12)20-16(22)19-13/h2-8,10,15,18,21H,9H2,1H3,(H2,19,20,22). The SMILES string of the molecule is CC(NCC(O)c1ccncc1)c1ccc2[nH]c(=O)[nH]c2c1. The molecule has 6 nitrogen and oxygen atoms in total. The van der Waals surface area contributed by atoms with Gasteiger partial charge < -0.3 is 20.4 Å². The van der Waals surface area contributed by atoms with E-state index in [0.717, 1.165) is 22.2 Å². The van der Waals surface area contributed by atoms with Crippen LogP contribution in [0.3, 0.4) is 0 Å². The van der Waals surface area contributed by atoms with Gasteiger partial charge >= 0.3 is 5.69 Å². The first-order chi connectivity index (χ1) is 10.6. The summed E-state index contributed by atoms with van der Waals surface area (Å²) in [6.07, 6.45) is 2.75. The van der Waals surface area contributed by atoms with Crippen LogP contribution in [0.15, 0.2) is 47.5 Å². The third-order valence-corrected chi connectivity index (χ3v) is 3.75. The topological polar surface area (TPSA) is 93.8 Å². The minimum Gasteiger partial charge on any atom is -0.387 e. The quantitative estimate of drug-likeness (QED) is 0.576. The molecule has 22 heavy (non-hydrogen) atoms. The Hall–Kier alpha value is -2.44. The summed E-state index contributed by atoms with van der Waals surface area (Å²) in [6.45, 7) is 2.46. The Balaban J connectivity index is 1.67. The molecule has 0 amide bonds. The van der Waals surface area contributed by atoms with Crippen LogP contribution in [0.5, 0.6) is 0 Å². The van der Waals surface area contributed by atoms with Crippen LogP contribution in [-0.4, -0.2) is 26.6 Å². The summed E-state index contributed by atoms with van der Waals surface area (Å²) >= 11 is 0. The smallest absolute Gasteiger partial charge is 0.323 e. The Labute approximate surface area is 127 Å². The van der Waals surface area contributed by atoms with Crippen molar-refractivity contribution in [2.24, 2.45) is 0 Å². The van der Waals surface area contributed by atoms with E-state index in [9.17, 15) is 9.90 Å². The molecule has 0 radical (unpaired) electrons. The first-order valence-corrected chi connectivity index (χ1v) is 7.17. The van der Waals surface area contributed by atoms with Crippen LogP contribution in [0.2, 0.25) is 0 Å². The lowest BCUT2D eigenvalue weighted by molar-refractivity contribution is 0.170. The molecule has 3 rings (SSSR count). The average Bonchev–Trinajstić information content (AvgIpc) is 2.92. The van der Waals surface area contributed by atoms with Gasteiger partial charge in [-0.05, 0) is 42.3 Å². The number of aromatic amines is 2. The molecule has 0 aliphatic heterocycles. The Morgan fingerprint density at radius 1 is 1.14 bits per heavy atom. The lowest BCUT2D eigenvalue weighted by Crippen LogP contribution is -2.24. The van der Waals surface area contributed by atoms with Crippen molar-refractivity contribution in [3.05, 3.63) is 64.3 Å². The predicted octanol–water partition coefficient (Wildman–Crippen LogP) is 1.64. The third kappa shape index (κ3) is 3.08. The molecule has 0 saturated carbocycles. The van der Waals surface area contributed by atoms with Crippen molar-refractivity contribution in [2.45, 2.75) is 19.1 Å². The van der Waals surface area contributed by atoms with E-state index in [0.29, 0.717) is 6.54 Å². The van der Waals surface area contributed by atoms with Crippen molar-refractivity contribution < 1.29 is 5.11 Å². The van der Waals surface area contributed by atoms with Crippen LogP contribution in [0.1, 0.15) is 30.2 Å². The fraction of sp³-hybridized carbons (Fsp3) is 0.250. The van der Waals surface area contributed by atoms with Gasteiger partial charge in [-0.15, -0.1) is 0 Å². The van der Waals surface area contributed by atoms with Gasteiger partial charge in [0.2, 0.25) is 0 Å². The molecule has 114 valence electrons. The van der Waals surface area contributed by atoms with Crippen molar-refractivity contribution >= 4 is 11.0 Å². The van der Waals surface area contributed by atoms with Crippen LogP contribution in [0.4, 0.5) is 0 Å². The minimum absolute atomic E-state index is 0.0549. The number of hydrogen-bond acceptors (Lipinski definition) is 4. The van der Waals surface area contributed by atoms with E-state index < -0.39 is 6.10 Å². The van der Waals surface area contributed by atoms with Crippen LogP contribution in [0, 0.1) is 0 Å². The maximum Gasteiger partial charge on any atom is 0.323 e. The highest BCUT2D eigenvalue weighted by molar-refractivity contribution is 5.75. The fourth-order valence-electron chi connectivity index (χ4n) is 2.43. The Kier molecular flexibility index (Phi) is 4.04. The van der Waals surface area contributed by atoms with Gasteiger partial charge in [-0.2, -0.15) is 0 Å². The van der Waals surface area contributed by atoms with Gasteiger partial charge in [0.05, 0.1) is 17.1 Å². The second kappa shape index (κ2) is 6.13. The molecular formula is C16H18N4O2. The molecule has 0 bridgehead atoms. The number of H-pyrrole nitrogens is 2. The van der Waals surface area contributed by atoms with E-state index >= 15 is 0 Å². The summed E-state index contributed by atoms with van der Waals surface area (Å²) in [4.78, 5) is 20.7. The molecule has 2 atom stereocenters. The molecule has 0 fully saturated rings. The highest BCUT2D eigenvalue weighted by Gasteiger charge is 2.11. The number of aliphatic hydroxyl groups excluding tert-OH is 1. The predicted molar refractivity (Wildman–Crippen MR) is 84.5 cm³/mol. The van der Waals surface area contributed by atoms with Crippen LogP contribution >= 0.6 is 0 Å². The average molecular weight is 298 g/mol. The van der Waals surface area contributed by atoms with Gasteiger partial charge in [0.25, 0.3) is 0 Å². The first-order valence-electron chi connectivity index (χ1n) is 7.17. The number of nitrogens with one attached hydrogen (secondary N) is 3. The number of rotatable bonds is 5. The van der Waals surface area contributed by atoms with Gasteiger partial charge in [0, 0.05) is 25.0 Å². The summed E-state index contributed by atoms with van der Waals surface area (Å²) in [7, 11) is 0. The summed E-state index contributed by atoms with van der Waals surface area (Å²) in [5.41, 5.74) is 3.24. The normalized spacial score (nSPS) is 14.1. The zero-order valence-electron chi connectivity index (χ0n) is 12.2. The molecule has 0 aliphatic carbocycles. The Morgan fingerprint density at radius 2 is 1.86 bits per heavy atom. The number of benzene rings is 1. The van der Waals surface area contributed by atoms with E-state index in [1.165, 1.54) is 0 Å². The summed E-state index contributed by atoms with van der Waals surface area (Å²) in [5, 5.41) is 13.4. The van der Waals surface area contributed by atoms with E-state index in [-0.39, 0.29) is 11.7 Å². The number of hydrogen-bond donors (Lipinski definition) is 4. The van der Waals surface area contributed by atoms with Crippen molar-refractivity contribution in [3.8, 4) is 0 Å². The molecule has 2 heterocycles. The van der Waals surface area contributed by atoms with Gasteiger partial charge in [0.15, 0.2) is 0 Å². The number of aromatic nitrogens is 3. The number of aliphatic hydroxyl groups is 1. The number of pyridine rings is 1. The summed E-state index contributed by atoms with van der Waals surface area (Å²) < 4.78 is 0. The molecule has 3 aromatic rings. The molecule has 2 unspecified atom stereocenters. The van der Waals surface area contributed by atoms with E-state index in [1.54, 1.807) is 24.5 Å².